The number of hydrogen-bond acceptors (Lipinski definition) is 4. The van der Waals surface area contributed by atoms with Crippen LogP contribution in [0.4, 0.5) is 5.69 Å². The van der Waals surface area contributed by atoms with Crippen LogP contribution in [0.1, 0.15) is 32.1 Å². The zero-order chi connectivity index (χ0) is 21.5. The van der Waals surface area contributed by atoms with E-state index in [1.54, 1.807) is 49.4 Å². The fraction of sp³-hybridized carbons (Fsp3) is 0.182. The predicted molar refractivity (Wildman–Crippen MR) is 117 cm³/mol. The number of nitrogens with one attached hydrogen (secondary N) is 3. The van der Waals surface area contributed by atoms with Gasteiger partial charge >= 0.3 is 0 Å². The lowest BCUT2D eigenvalue weighted by molar-refractivity contribution is 0.0953. The topological polar surface area (TPSA) is 109 Å². The summed E-state index contributed by atoms with van der Waals surface area (Å²) in [4.78, 5) is 27.5. The highest BCUT2D eigenvalue weighted by Crippen LogP contribution is 2.26. The molecule has 0 aliphatic heterocycles. The van der Waals surface area contributed by atoms with Crippen molar-refractivity contribution in [3.63, 3.8) is 0 Å². The molecule has 1 heterocycles. The Kier molecular flexibility index (Phi) is 7.11. The lowest BCUT2D eigenvalue weighted by Crippen LogP contribution is -2.29. The number of para-hydroxylation sites is 2. The van der Waals surface area contributed by atoms with E-state index in [0.717, 1.165) is 11.3 Å². The zero-order valence-electron chi connectivity index (χ0n) is 16.5. The van der Waals surface area contributed by atoms with Crippen molar-refractivity contribution in [2.24, 2.45) is 5.73 Å². The largest absolute Gasteiger partial charge is 0.487 e. The monoisotopic (exact) mass is 426 g/mol. The number of amides is 2. The molecule has 1 aromatic heterocycles. The lowest BCUT2D eigenvalue weighted by Gasteiger charge is -2.13. The number of carbonyl (C=O) groups excluding carboxylic acids is 2. The summed E-state index contributed by atoms with van der Waals surface area (Å²) in [5.41, 5.74) is 8.39. The second kappa shape index (κ2) is 9.96. The maximum atomic E-state index is 12.5. The van der Waals surface area contributed by atoms with Crippen LogP contribution in [0.15, 0.2) is 54.6 Å². The van der Waals surface area contributed by atoms with Gasteiger partial charge in [-0.15, -0.1) is 0 Å². The average molecular weight is 427 g/mol. The summed E-state index contributed by atoms with van der Waals surface area (Å²) < 4.78 is 5.90. The molecular weight excluding hydrogens is 404 g/mol. The third-order valence-electron chi connectivity index (χ3n) is 4.34. The van der Waals surface area contributed by atoms with Gasteiger partial charge in [-0.1, -0.05) is 35.9 Å². The molecule has 3 rings (SSSR count). The van der Waals surface area contributed by atoms with Crippen molar-refractivity contribution >= 4 is 29.1 Å². The molecule has 8 heteroatoms. The third-order valence-corrected chi connectivity index (χ3v) is 4.74. The molecule has 0 saturated carbocycles. The summed E-state index contributed by atoms with van der Waals surface area (Å²) in [6, 6.07) is 15.9. The van der Waals surface area contributed by atoms with Crippen molar-refractivity contribution in [3.05, 3.63) is 82.1 Å². The van der Waals surface area contributed by atoms with Crippen molar-refractivity contribution in [2.45, 2.75) is 13.5 Å². The Balaban J connectivity index is 1.68. The first kappa shape index (κ1) is 21.4. The molecule has 0 saturated heterocycles. The van der Waals surface area contributed by atoms with Crippen LogP contribution in [0.25, 0.3) is 0 Å². The summed E-state index contributed by atoms with van der Waals surface area (Å²) >= 11 is 6.02. The van der Waals surface area contributed by atoms with E-state index < -0.39 is 0 Å². The summed E-state index contributed by atoms with van der Waals surface area (Å²) in [6.45, 7) is 2.82. The Morgan fingerprint density at radius 2 is 1.90 bits per heavy atom. The fourth-order valence-electron chi connectivity index (χ4n) is 2.79. The third kappa shape index (κ3) is 5.40. The molecule has 0 atom stereocenters. The van der Waals surface area contributed by atoms with Gasteiger partial charge in [-0.2, -0.15) is 0 Å². The molecule has 0 radical (unpaired) electrons. The van der Waals surface area contributed by atoms with Gasteiger partial charge in [0.05, 0.1) is 10.7 Å². The number of aryl methyl sites for hydroxylation is 1. The van der Waals surface area contributed by atoms with Crippen LogP contribution in [0, 0.1) is 6.92 Å². The smallest absolute Gasteiger partial charge is 0.272 e. The maximum Gasteiger partial charge on any atom is 0.272 e. The van der Waals surface area contributed by atoms with Crippen LogP contribution >= 0.6 is 11.6 Å². The van der Waals surface area contributed by atoms with E-state index in [9.17, 15) is 9.59 Å². The van der Waals surface area contributed by atoms with E-state index in [1.807, 2.05) is 12.1 Å². The molecule has 0 fully saturated rings. The van der Waals surface area contributed by atoms with Crippen molar-refractivity contribution in [3.8, 4) is 5.75 Å². The van der Waals surface area contributed by atoms with Gasteiger partial charge in [0.1, 0.15) is 18.1 Å². The summed E-state index contributed by atoms with van der Waals surface area (Å²) in [7, 11) is 0. The molecule has 2 aromatic carbocycles. The van der Waals surface area contributed by atoms with Crippen molar-refractivity contribution < 1.29 is 14.3 Å². The second-order valence-electron chi connectivity index (χ2n) is 6.64. The minimum atomic E-state index is -0.320. The summed E-state index contributed by atoms with van der Waals surface area (Å²) in [5.74, 6) is 0.00713. The molecule has 0 aliphatic rings. The maximum absolute atomic E-state index is 12.5. The van der Waals surface area contributed by atoms with Gasteiger partial charge in [0.2, 0.25) is 0 Å². The number of aromatic nitrogens is 1. The van der Waals surface area contributed by atoms with Crippen molar-refractivity contribution in [1.29, 1.82) is 0 Å². The van der Waals surface area contributed by atoms with E-state index in [4.69, 9.17) is 22.1 Å². The highest BCUT2D eigenvalue weighted by atomic mass is 35.5. The quantitative estimate of drug-likeness (QED) is 0.442. The number of H-pyrrole nitrogens is 1. The van der Waals surface area contributed by atoms with Gasteiger partial charge < -0.3 is 26.1 Å². The van der Waals surface area contributed by atoms with Crippen molar-refractivity contribution in [1.82, 2.24) is 10.3 Å². The second-order valence-corrected chi connectivity index (χ2v) is 7.05. The van der Waals surface area contributed by atoms with Crippen LogP contribution in [-0.2, 0) is 6.61 Å². The normalized spacial score (nSPS) is 10.5. The van der Waals surface area contributed by atoms with Gasteiger partial charge in [0, 0.05) is 24.3 Å². The van der Waals surface area contributed by atoms with E-state index in [2.05, 4.69) is 15.6 Å². The molecule has 0 spiro atoms. The molecule has 7 nitrogen and oxygen atoms in total. The number of nitrogens with two attached hydrogens (primary N) is 1. The highest BCUT2D eigenvalue weighted by molar-refractivity contribution is 6.31. The Morgan fingerprint density at radius 1 is 1.10 bits per heavy atom. The van der Waals surface area contributed by atoms with E-state index in [1.165, 1.54) is 0 Å². The van der Waals surface area contributed by atoms with E-state index >= 15 is 0 Å². The molecule has 0 unspecified atom stereocenters. The summed E-state index contributed by atoms with van der Waals surface area (Å²) in [6.07, 6.45) is 0. The van der Waals surface area contributed by atoms with Gasteiger partial charge in [-0.05, 0) is 42.8 Å². The minimum absolute atomic E-state index is 0.185. The Bertz CT molecular complexity index is 1030. The van der Waals surface area contributed by atoms with Crippen LogP contribution in [0.5, 0.6) is 5.75 Å². The highest BCUT2D eigenvalue weighted by Gasteiger charge is 2.13. The number of halogens is 1. The lowest BCUT2D eigenvalue weighted by atomic mass is 10.1. The number of carbonyl (C=O) groups is 2. The van der Waals surface area contributed by atoms with Gasteiger partial charge in [-0.25, -0.2) is 0 Å². The van der Waals surface area contributed by atoms with Crippen LogP contribution in [0.2, 0.25) is 5.02 Å². The SMILES string of the molecule is Cc1[nH]c(C(=O)Nc2ccccc2OCc2cccc(C(=O)NCCN)c2)cc1Cl. The Labute approximate surface area is 179 Å². The number of benzene rings is 2. The van der Waals surface area contributed by atoms with Gasteiger partial charge in [-0.3, -0.25) is 9.59 Å². The molecule has 156 valence electrons. The minimum Gasteiger partial charge on any atom is -0.487 e. The molecule has 0 bridgehead atoms. The molecule has 2 amide bonds. The van der Waals surface area contributed by atoms with Crippen LogP contribution in [0.3, 0.4) is 0 Å². The number of rotatable bonds is 8. The predicted octanol–water partition coefficient (Wildman–Crippen LogP) is 3.50. The number of anilines is 1. The molecule has 3 aromatic rings. The molecule has 30 heavy (non-hydrogen) atoms. The standard InChI is InChI=1S/C22H23ClN4O3/c1-14-17(23)12-19(26-14)22(29)27-18-7-2-3-8-20(18)30-13-15-5-4-6-16(11-15)21(28)25-10-9-24/h2-8,11-12,26H,9-10,13,24H2,1H3,(H,25,28)(H,27,29). The van der Waals surface area contributed by atoms with Crippen LogP contribution < -0.4 is 21.1 Å². The van der Waals surface area contributed by atoms with Crippen molar-refractivity contribution in [2.75, 3.05) is 18.4 Å². The first-order valence-corrected chi connectivity index (χ1v) is 9.81. The van der Waals surface area contributed by atoms with Gasteiger partial charge in [0.25, 0.3) is 11.8 Å². The van der Waals surface area contributed by atoms with E-state index in [0.29, 0.717) is 40.8 Å². The first-order chi connectivity index (χ1) is 14.5. The fourth-order valence-corrected chi connectivity index (χ4v) is 2.95. The molecule has 5 N–H and O–H groups in total. The number of ether oxygens (including phenoxy) is 1. The van der Waals surface area contributed by atoms with E-state index in [-0.39, 0.29) is 18.4 Å². The molecule has 0 aliphatic carbocycles. The number of hydrogen-bond donors (Lipinski definition) is 4. The average Bonchev–Trinajstić information content (AvgIpc) is 3.10. The zero-order valence-corrected chi connectivity index (χ0v) is 17.3. The number of aromatic amines is 1. The molecular formula is C22H23ClN4O3. The summed E-state index contributed by atoms with van der Waals surface area (Å²) in [5, 5.41) is 6.06. The van der Waals surface area contributed by atoms with Crippen LogP contribution in [-0.4, -0.2) is 29.9 Å². The van der Waals surface area contributed by atoms with Gasteiger partial charge in [0.15, 0.2) is 0 Å². The first-order valence-electron chi connectivity index (χ1n) is 9.43. The Morgan fingerprint density at radius 3 is 2.63 bits per heavy atom. The Hall–Kier alpha value is -3.29.